The van der Waals surface area contributed by atoms with E-state index in [1.165, 1.54) is 0 Å². The number of halogens is 1. The molecule has 4 rings (SSSR count). The van der Waals surface area contributed by atoms with Gasteiger partial charge in [-0.05, 0) is 72.0 Å². The summed E-state index contributed by atoms with van der Waals surface area (Å²) >= 11 is 3.36. The van der Waals surface area contributed by atoms with E-state index in [0.717, 1.165) is 54.3 Å². The molecule has 2 aromatic heterocycles. The van der Waals surface area contributed by atoms with Crippen LogP contribution in [0, 0.1) is 5.92 Å². The van der Waals surface area contributed by atoms with Gasteiger partial charge < -0.3 is 4.90 Å². The first-order valence-electron chi connectivity index (χ1n) is 9.60. The second kappa shape index (κ2) is 7.92. The Morgan fingerprint density at radius 3 is 2.70 bits per heavy atom. The first kappa shape index (κ1) is 18.3. The van der Waals surface area contributed by atoms with Crippen molar-refractivity contribution in [1.29, 1.82) is 0 Å². The molecule has 0 N–H and O–H groups in total. The number of aromatic nitrogens is 3. The summed E-state index contributed by atoms with van der Waals surface area (Å²) in [6, 6.07) is 3.58. The molecule has 1 saturated heterocycles. The molecule has 27 heavy (non-hydrogen) atoms. The van der Waals surface area contributed by atoms with E-state index in [-0.39, 0.29) is 11.5 Å². The standard InChI is InChI=1S/C20H23BrN4O2/c21-17-9-16(11-22-12-17)20(27)24-7-5-14(6-8-24)13-25-19(26)10-15-3-1-2-4-18(15)23-25/h9-12,14H,1-8,13H2. The molecule has 3 heterocycles. The van der Waals surface area contributed by atoms with Gasteiger partial charge in [-0.2, -0.15) is 5.10 Å². The van der Waals surface area contributed by atoms with Crippen molar-refractivity contribution >= 4 is 21.8 Å². The molecule has 1 fully saturated rings. The van der Waals surface area contributed by atoms with Gasteiger partial charge in [0.05, 0.1) is 11.3 Å². The number of hydrogen-bond acceptors (Lipinski definition) is 4. The Bertz CT molecular complexity index is 903. The molecule has 142 valence electrons. The van der Waals surface area contributed by atoms with Gasteiger partial charge in [0.15, 0.2) is 0 Å². The molecule has 0 spiro atoms. The van der Waals surface area contributed by atoms with E-state index >= 15 is 0 Å². The van der Waals surface area contributed by atoms with Crippen molar-refractivity contribution in [2.24, 2.45) is 5.92 Å². The van der Waals surface area contributed by atoms with Gasteiger partial charge in [-0.25, -0.2) is 4.68 Å². The van der Waals surface area contributed by atoms with Gasteiger partial charge in [0.25, 0.3) is 11.5 Å². The Morgan fingerprint density at radius 1 is 1.15 bits per heavy atom. The normalized spacial score (nSPS) is 17.6. The third kappa shape index (κ3) is 4.13. The van der Waals surface area contributed by atoms with Crippen LogP contribution in [0.2, 0.25) is 0 Å². The molecule has 0 radical (unpaired) electrons. The number of fused-ring (bicyclic) bond motifs is 1. The maximum atomic E-state index is 12.6. The van der Waals surface area contributed by atoms with Gasteiger partial charge in [-0.1, -0.05) is 0 Å². The quantitative estimate of drug-likeness (QED) is 0.750. The summed E-state index contributed by atoms with van der Waals surface area (Å²) in [6.07, 6.45) is 9.31. The highest BCUT2D eigenvalue weighted by molar-refractivity contribution is 9.10. The number of hydrogen-bond donors (Lipinski definition) is 0. The van der Waals surface area contributed by atoms with E-state index in [4.69, 9.17) is 0 Å². The summed E-state index contributed by atoms with van der Waals surface area (Å²) in [6.45, 7) is 2.05. The van der Waals surface area contributed by atoms with E-state index in [1.807, 2.05) is 4.90 Å². The molecule has 6 nitrogen and oxygen atoms in total. The summed E-state index contributed by atoms with van der Waals surface area (Å²) in [5.74, 6) is 0.396. The van der Waals surface area contributed by atoms with Crippen molar-refractivity contribution in [1.82, 2.24) is 19.7 Å². The number of pyridine rings is 1. The lowest BCUT2D eigenvalue weighted by molar-refractivity contribution is 0.0680. The lowest BCUT2D eigenvalue weighted by Gasteiger charge is -2.32. The Kier molecular flexibility index (Phi) is 5.38. The van der Waals surface area contributed by atoms with E-state index in [1.54, 1.807) is 29.2 Å². The first-order chi connectivity index (χ1) is 13.1. The fraction of sp³-hybridized carbons (Fsp3) is 0.500. The third-order valence-corrected chi connectivity index (χ3v) is 5.99. The number of carbonyl (C=O) groups is 1. The smallest absolute Gasteiger partial charge is 0.267 e. The summed E-state index contributed by atoms with van der Waals surface area (Å²) in [7, 11) is 0. The van der Waals surface area contributed by atoms with Crippen LogP contribution in [0.3, 0.4) is 0 Å². The molecular weight excluding hydrogens is 408 g/mol. The molecule has 7 heteroatoms. The number of rotatable bonds is 3. The van der Waals surface area contributed by atoms with Crippen molar-refractivity contribution in [2.75, 3.05) is 13.1 Å². The molecule has 2 aromatic rings. The second-order valence-corrected chi connectivity index (χ2v) is 8.39. The molecule has 2 aliphatic rings. The highest BCUT2D eigenvalue weighted by atomic mass is 79.9. The minimum Gasteiger partial charge on any atom is -0.339 e. The van der Waals surface area contributed by atoms with Gasteiger partial charge in [-0.3, -0.25) is 14.6 Å². The van der Waals surface area contributed by atoms with E-state index in [2.05, 4.69) is 26.0 Å². The van der Waals surface area contributed by atoms with Crippen LogP contribution in [0.1, 0.15) is 47.3 Å². The number of amides is 1. The van der Waals surface area contributed by atoms with Crippen LogP contribution in [0.15, 0.2) is 33.8 Å². The molecule has 1 amide bonds. The molecule has 0 aromatic carbocycles. The number of nitrogens with zero attached hydrogens (tertiary/aromatic N) is 4. The van der Waals surface area contributed by atoms with Crippen molar-refractivity contribution in [3.05, 3.63) is 56.2 Å². The first-order valence-corrected chi connectivity index (χ1v) is 10.4. The summed E-state index contributed by atoms with van der Waals surface area (Å²) in [5, 5.41) is 4.63. The SMILES string of the molecule is O=C(c1cncc(Br)c1)N1CCC(Cn2nc3c(cc2=O)CCCC3)CC1. The van der Waals surface area contributed by atoms with Crippen LogP contribution in [0.4, 0.5) is 0 Å². The molecule has 0 bridgehead atoms. The minimum absolute atomic E-state index is 0.00867. The van der Waals surface area contributed by atoms with Crippen LogP contribution in [0.25, 0.3) is 0 Å². The highest BCUT2D eigenvalue weighted by Gasteiger charge is 2.25. The van der Waals surface area contributed by atoms with Gasteiger partial charge in [0.2, 0.25) is 0 Å². The van der Waals surface area contributed by atoms with Crippen molar-refractivity contribution in [3.8, 4) is 0 Å². The van der Waals surface area contributed by atoms with Crippen molar-refractivity contribution in [3.63, 3.8) is 0 Å². The molecule has 0 saturated carbocycles. The third-order valence-electron chi connectivity index (χ3n) is 5.56. The maximum Gasteiger partial charge on any atom is 0.267 e. The molecule has 1 aliphatic heterocycles. The average molecular weight is 431 g/mol. The maximum absolute atomic E-state index is 12.6. The van der Waals surface area contributed by atoms with Crippen LogP contribution >= 0.6 is 15.9 Å². The van der Waals surface area contributed by atoms with Crippen molar-refractivity contribution < 1.29 is 4.79 Å². The monoisotopic (exact) mass is 430 g/mol. The summed E-state index contributed by atoms with van der Waals surface area (Å²) in [4.78, 5) is 31.0. The Hall–Kier alpha value is -2.02. The van der Waals surface area contributed by atoms with Gasteiger partial charge >= 0.3 is 0 Å². The number of piperidine rings is 1. The summed E-state index contributed by atoms with van der Waals surface area (Å²) in [5.41, 5.74) is 2.84. The average Bonchev–Trinajstić information content (AvgIpc) is 2.68. The zero-order chi connectivity index (χ0) is 18.8. The Labute approximate surface area is 166 Å². The lowest BCUT2D eigenvalue weighted by atomic mass is 9.95. The molecule has 0 unspecified atom stereocenters. The van der Waals surface area contributed by atoms with Crippen LogP contribution in [0.5, 0.6) is 0 Å². The molecular formula is C20H23BrN4O2. The minimum atomic E-state index is 0.00867. The fourth-order valence-electron chi connectivity index (χ4n) is 4.01. The van der Waals surface area contributed by atoms with E-state index < -0.39 is 0 Å². The van der Waals surface area contributed by atoms with Gasteiger partial charge in [0, 0.05) is 42.6 Å². The lowest BCUT2D eigenvalue weighted by Crippen LogP contribution is -2.40. The predicted molar refractivity (Wildman–Crippen MR) is 106 cm³/mol. The van der Waals surface area contributed by atoms with Crippen LogP contribution < -0.4 is 5.56 Å². The van der Waals surface area contributed by atoms with E-state index in [0.29, 0.717) is 31.1 Å². The van der Waals surface area contributed by atoms with E-state index in [9.17, 15) is 9.59 Å². The van der Waals surface area contributed by atoms with Crippen LogP contribution in [-0.4, -0.2) is 38.7 Å². The second-order valence-electron chi connectivity index (χ2n) is 7.47. The zero-order valence-electron chi connectivity index (χ0n) is 15.2. The summed E-state index contributed by atoms with van der Waals surface area (Å²) < 4.78 is 2.45. The van der Waals surface area contributed by atoms with Gasteiger partial charge in [0.1, 0.15) is 0 Å². The fourth-order valence-corrected chi connectivity index (χ4v) is 4.37. The topological polar surface area (TPSA) is 68.1 Å². The van der Waals surface area contributed by atoms with Crippen molar-refractivity contribution in [2.45, 2.75) is 45.1 Å². The Morgan fingerprint density at radius 2 is 1.93 bits per heavy atom. The number of aryl methyl sites for hydroxylation is 2. The van der Waals surface area contributed by atoms with Gasteiger partial charge in [-0.15, -0.1) is 0 Å². The zero-order valence-corrected chi connectivity index (χ0v) is 16.8. The molecule has 0 atom stereocenters. The molecule has 1 aliphatic carbocycles. The van der Waals surface area contributed by atoms with Crippen LogP contribution in [-0.2, 0) is 19.4 Å². The Balaban J connectivity index is 1.38. The highest BCUT2D eigenvalue weighted by Crippen LogP contribution is 2.22. The number of likely N-dealkylation sites (tertiary alicyclic amines) is 1. The predicted octanol–water partition coefficient (Wildman–Crippen LogP) is 2.83. The number of carbonyl (C=O) groups excluding carboxylic acids is 1. The largest absolute Gasteiger partial charge is 0.339 e.